The first-order chi connectivity index (χ1) is 9.86. The minimum absolute atomic E-state index is 0.135. The number of rotatable bonds is 11. The molecule has 0 aliphatic rings. The van der Waals surface area contributed by atoms with Crippen molar-refractivity contribution in [2.75, 3.05) is 25.1 Å². The number of carbonyl (C=O) groups is 2. The molecule has 0 saturated heterocycles. The van der Waals surface area contributed by atoms with E-state index in [4.69, 9.17) is 5.11 Å². The van der Waals surface area contributed by atoms with E-state index in [2.05, 4.69) is 37.7 Å². The highest BCUT2D eigenvalue weighted by molar-refractivity contribution is 7.98. The van der Waals surface area contributed by atoms with Crippen LogP contribution in [0.5, 0.6) is 0 Å². The maximum absolute atomic E-state index is 11.6. The lowest BCUT2D eigenvalue weighted by Gasteiger charge is -2.20. The zero-order valence-corrected chi connectivity index (χ0v) is 14.5. The first kappa shape index (κ1) is 20.1. The number of thioether (sulfide) groups is 1. The van der Waals surface area contributed by atoms with E-state index in [0.717, 1.165) is 12.2 Å². The van der Waals surface area contributed by atoms with Gasteiger partial charge in [-0.05, 0) is 42.6 Å². The van der Waals surface area contributed by atoms with Gasteiger partial charge in [-0.3, -0.25) is 4.79 Å². The largest absolute Gasteiger partial charge is 0.481 e. The van der Waals surface area contributed by atoms with Crippen molar-refractivity contribution in [1.82, 2.24) is 10.6 Å². The Labute approximate surface area is 132 Å². The summed E-state index contributed by atoms with van der Waals surface area (Å²) < 4.78 is 0. The van der Waals surface area contributed by atoms with Gasteiger partial charge in [-0.25, -0.2) is 4.79 Å². The number of amides is 2. The zero-order valence-electron chi connectivity index (χ0n) is 13.6. The topological polar surface area (TPSA) is 78.4 Å². The molecule has 2 amide bonds. The Balaban J connectivity index is 3.87. The van der Waals surface area contributed by atoms with E-state index in [9.17, 15) is 9.59 Å². The van der Waals surface area contributed by atoms with Crippen molar-refractivity contribution in [2.24, 2.45) is 17.8 Å². The number of hydrogen-bond acceptors (Lipinski definition) is 3. The molecule has 0 aliphatic heterocycles. The van der Waals surface area contributed by atoms with Crippen LogP contribution < -0.4 is 10.6 Å². The first-order valence-electron chi connectivity index (χ1n) is 7.59. The summed E-state index contributed by atoms with van der Waals surface area (Å²) in [7, 11) is 0. The lowest BCUT2D eigenvalue weighted by Crippen LogP contribution is -2.39. The highest BCUT2D eigenvalue weighted by Crippen LogP contribution is 2.20. The van der Waals surface area contributed by atoms with Crippen LogP contribution in [0.2, 0.25) is 0 Å². The molecule has 0 radical (unpaired) electrons. The monoisotopic (exact) mass is 318 g/mol. The van der Waals surface area contributed by atoms with Crippen molar-refractivity contribution in [2.45, 2.75) is 40.0 Å². The lowest BCUT2D eigenvalue weighted by molar-refractivity contribution is -0.137. The van der Waals surface area contributed by atoms with E-state index in [1.54, 1.807) is 11.8 Å². The third-order valence-corrected chi connectivity index (χ3v) is 4.44. The summed E-state index contributed by atoms with van der Waals surface area (Å²) >= 11 is 1.77. The Morgan fingerprint density at radius 3 is 2.33 bits per heavy atom. The second-order valence-electron chi connectivity index (χ2n) is 5.92. The lowest BCUT2D eigenvalue weighted by atomic mass is 9.88. The highest BCUT2D eigenvalue weighted by atomic mass is 32.2. The fourth-order valence-corrected chi connectivity index (χ4v) is 2.85. The Morgan fingerprint density at radius 1 is 1.14 bits per heavy atom. The second kappa shape index (κ2) is 11.7. The van der Waals surface area contributed by atoms with Crippen LogP contribution in [0.3, 0.4) is 0 Å². The maximum atomic E-state index is 11.6. The predicted octanol–water partition coefficient (Wildman–Crippen LogP) is 2.81. The van der Waals surface area contributed by atoms with E-state index in [1.807, 2.05) is 0 Å². The molecule has 124 valence electrons. The normalized spacial score (nSPS) is 13.8. The summed E-state index contributed by atoms with van der Waals surface area (Å²) in [6.45, 7) is 7.56. The predicted molar refractivity (Wildman–Crippen MR) is 88.8 cm³/mol. The summed E-state index contributed by atoms with van der Waals surface area (Å²) in [5, 5.41) is 14.5. The van der Waals surface area contributed by atoms with Crippen LogP contribution in [-0.4, -0.2) is 42.2 Å². The van der Waals surface area contributed by atoms with E-state index in [-0.39, 0.29) is 12.5 Å². The molecule has 0 aromatic heterocycles. The zero-order chi connectivity index (χ0) is 16.3. The maximum Gasteiger partial charge on any atom is 0.314 e. The minimum Gasteiger partial charge on any atom is -0.481 e. The van der Waals surface area contributed by atoms with Gasteiger partial charge in [-0.2, -0.15) is 11.8 Å². The fraction of sp³-hybridized carbons (Fsp3) is 0.867. The molecule has 0 aromatic rings. The van der Waals surface area contributed by atoms with Crippen molar-refractivity contribution in [3.8, 4) is 0 Å². The molecule has 6 heteroatoms. The number of nitrogens with one attached hydrogen (secondary N) is 2. The molecule has 0 spiro atoms. The molecule has 0 aromatic carbocycles. The van der Waals surface area contributed by atoms with Gasteiger partial charge < -0.3 is 15.7 Å². The van der Waals surface area contributed by atoms with Crippen molar-refractivity contribution >= 4 is 23.8 Å². The Kier molecular flexibility index (Phi) is 11.2. The average Bonchev–Trinajstić information content (AvgIpc) is 2.40. The molecule has 21 heavy (non-hydrogen) atoms. The molecule has 0 rings (SSSR count). The van der Waals surface area contributed by atoms with E-state index in [0.29, 0.717) is 37.3 Å². The van der Waals surface area contributed by atoms with Crippen LogP contribution in [0, 0.1) is 17.8 Å². The van der Waals surface area contributed by atoms with Gasteiger partial charge in [0.25, 0.3) is 0 Å². The van der Waals surface area contributed by atoms with Gasteiger partial charge in [-0.15, -0.1) is 0 Å². The summed E-state index contributed by atoms with van der Waals surface area (Å²) in [5.74, 6) is 1.50. The third-order valence-electron chi connectivity index (χ3n) is 3.53. The summed E-state index contributed by atoms with van der Waals surface area (Å²) in [6, 6.07) is -0.135. The minimum atomic E-state index is -0.755. The molecule has 2 unspecified atom stereocenters. The van der Waals surface area contributed by atoms with Crippen LogP contribution in [0.25, 0.3) is 0 Å². The summed E-state index contributed by atoms with van der Waals surface area (Å²) in [5.41, 5.74) is 0. The molecular formula is C15H30N2O3S. The van der Waals surface area contributed by atoms with Crippen molar-refractivity contribution in [3.05, 3.63) is 0 Å². The van der Waals surface area contributed by atoms with Gasteiger partial charge in [-0.1, -0.05) is 20.8 Å². The highest BCUT2D eigenvalue weighted by Gasteiger charge is 2.15. The van der Waals surface area contributed by atoms with Crippen LogP contribution >= 0.6 is 11.8 Å². The quantitative estimate of drug-likeness (QED) is 0.547. The molecule has 0 heterocycles. The molecular weight excluding hydrogens is 288 g/mol. The fourth-order valence-electron chi connectivity index (χ4n) is 2.16. The van der Waals surface area contributed by atoms with Gasteiger partial charge in [0.2, 0.25) is 0 Å². The van der Waals surface area contributed by atoms with Gasteiger partial charge in [0, 0.05) is 19.5 Å². The third kappa shape index (κ3) is 11.4. The van der Waals surface area contributed by atoms with E-state index in [1.165, 1.54) is 0 Å². The second-order valence-corrected chi connectivity index (χ2v) is 6.83. The van der Waals surface area contributed by atoms with Gasteiger partial charge >= 0.3 is 12.0 Å². The van der Waals surface area contributed by atoms with Crippen molar-refractivity contribution in [3.63, 3.8) is 0 Å². The van der Waals surface area contributed by atoms with Crippen LogP contribution in [-0.2, 0) is 4.79 Å². The smallest absolute Gasteiger partial charge is 0.314 e. The van der Waals surface area contributed by atoms with E-state index >= 15 is 0 Å². The molecule has 5 nitrogen and oxygen atoms in total. The number of carboxylic acid groups (broad SMARTS) is 1. The van der Waals surface area contributed by atoms with Crippen molar-refractivity contribution < 1.29 is 14.7 Å². The van der Waals surface area contributed by atoms with Crippen LogP contribution in [0.15, 0.2) is 0 Å². The SMILES string of the molecule is CSCC(C)CNC(=O)NCCC(CCC(=O)O)C(C)C. The summed E-state index contributed by atoms with van der Waals surface area (Å²) in [6.07, 6.45) is 3.74. The van der Waals surface area contributed by atoms with Crippen LogP contribution in [0.1, 0.15) is 40.0 Å². The Bertz CT molecular complexity index is 311. The summed E-state index contributed by atoms with van der Waals surface area (Å²) in [4.78, 5) is 22.3. The number of hydrogen-bond donors (Lipinski definition) is 3. The Hall–Kier alpha value is -0.910. The van der Waals surface area contributed by atoms with Gasteiger partial charge in [0.15, 0.2) is 0 Å². The molecule has 2 atom stereocenters. The molecule has 0 aliphatic carbocycles. The van der Waals surface area contributed by atoms with Gasteiger partial charge in [0.05, 0.1) is 0 Å². The van der Waals surface area contributed by atoms with Crippen molar-refractivity contribution in [1.29, 1.82) is 0 Å². The number of aliphatic carboxylic acids is 1. The van der Waals surface area contributed by atoms with E-state index < -0.39 is 5.97 Å². The average molecular weight is 318 g/mol. The Morgan fingerprint density at radius 2 is 1.81 bits per heavy atom. The molecule has 0 saturated carbocycles. The molecule has 0 bridgehead atoms. The molecule has 3 N–H and O–H groups in total. The van der Waals surface area contributed by atoms with Gasteiger partial charge in [0.1, 0.15) is 0 Å². The standard InChI is InChI=1S/C15H30N2O3S/c1-11(2)13(5-6-14(18)19)7-8-16-15(20)17-9-12(3)10-21-4/h11-13H,5-10H2,1-4H3,(H,18,19)(H2,16,17,20). The number of carboxylic acids is 1. The van der Waals surface area contributed by atoms with Crippen LogP contribution in [0.4, 0.5) is 4.79 Å². The first-order valence-corrected chi connectivity index (χ1v) is 8.98. The number of urea groups is 1. The molecule has 0 fully saturated rings. The number of carbonyl (C=O) groups excluding carboxylic acids is 1.